The highest BCUT2D eigenvalue weighted by atomic mass is 16.5. The number of methoxy groups -OCH3 is 2. The highest BCUT2D eigenvalue weighted by Gasteiger charge is 2.34. The lowest BCUT2D eigenvalue weighted by Gasteiger charge is -2.30. The van der Waals surface area contributed by atoms with Gasteiger partial charge in [0.1, 0.15) is 17.8 Å². The summed E-state index contributed by atoms with van der Waals surface area (Å²) in [7, 11) is 3.04. The molecule has 0 aliphatic carbocycles. The number of aliphatic hydroxyl groups is 1. The van der Waals surface area contributed by atoms with Crippen molar-refractivity contribution in [2.45, 2.75) is 0 Å². The van der Waals surface area contributed by atoms with Crippen LogP contribution in [0.4, 0.5) is 0 Å². The number of imide groups is 1. The van der Waals surface area contributed by atoms with Gasteiger partial charge >= 0.3 is 0 Å². The summed E-state index contributed by atoms with van der Waals surface area (Å²) >= 11 is 0. The normalized spacial score (nSPS) is 13.4. The summed E-state index contributed by atoms with van der Waals surface area (Å²) in [4.78, 5) is 39.7. The summed E-state index contributed by atoms with van der Waals surface area (Å²) in [5, 5.41) is 10.2. The molecule has 28 heavy (non-hydrogen) atoms. The minimum absolute atomic E-state index is 0.114. The van der Waals surface area contributed by atoms with E-state index >= 15 is 0 Å². The molecule has 0 saturated carbocycles. The number of hydrogen-bond acceptors (Lipinski definition) is 7. The Morgan fingerprint density at radius 3 is 2.00 bits per heavy atom. The maximum atomic E-state index is 13.0. The summed E-state index contributed by atoms with van der Waals surface area (Å²) in [6, 6.07) is 6.65. The Bertz CT molecular complexity index is 868. The number of carbonyl (C=O) groups excluding carboxylic acids is 3. The number of carbonyl (C=O) groups is 3. The molecule has 0 aromatic heterocycles. The molecule has 2 aromatic carbocycles. The molecule has 148 valence electrons. The predicted octanol–water partition coefficient (Wildman–Crippen LogP) is 0.946. The highest BCUT2D eigenvalue weighted by molar-refractivity contribution is 6.26. The van der Waals surface area contributed by atoms with Crippen LogP contribution in [-0.4, -0.2) is 80.0 Å². The molecule has 0 fully saturated rings. The first-order valence-corrected chi connectivity index (χ1v) is 8.88. The molecule has 1 N–H and O–H groups in total. The molecule has 0 radical (unpaired) electrons. The number of hydrogen-bond donors (Lipinski definition) is 1. The van der Waals surface area contributed by atoms with Crippen LogP contribution in [0.1, 0.15) is 20.7 Å². The van der Waals surface area contributed by atoms with Gasteiger partial charge in [-0.2, -0.15) is 0 Å². The average Bonchev–Trinajstić information content (AvgIpc) is 2.71. The van der Waals surface area contributed by atoms with E-state index in [0.717, 1.165) is 6.29 Å². The number of aliphatic hydroxyl groups excluding tert-OH is 1. The zero-order chi connectivity index (χ0) is 20.3. The Morgan fingerprint density at radius 1 is 0.964 bits per heavy atom. The van der Waals surface area contributed by atoms with Crippen LogP contribution in [0.3, 0.4) is 0 Å². The van der Waals surface area contributed by atoms with Gasteiger partial charge in [-0.3, -0.25) is 19.4 Å². The highest BCUT2D eigenvalue weighted by Crippen LogP contribution is 2.40. The molecule has 2 amide bonds. The van der Waals surface area contributed by atoms with Crippen molar-refractivity contribution < 1.29 is 29.0 Å². The molecule has 0 saturated heterocycles. The lowest BCUT2D eigenvalue weighted by atomic mass is 9.93. The Balaban J connectivity index is 2.01. The molecule has 0 atom stereocenters. The van der Waals surface area contributed by atoms with Gasteiger partial charge in [0.05, 0.1) is 32.8 Å². The fourth-order valence-corrected chi connectivity index (χ4v) is 3.50. The Morgan fingerprint density at radius 2 is 1.54 bits per heavy atom. The van der Waals surface area contributed by atoms with Crippen molar-refractivity contribution in [2.24, 2.45) is 0 Å². The number of nitrogens with zero attached hydrogens (tertiary/aromatic N) is 2. The average molecular weight is 386 g/mol. The standard InChI is InChI=1S/C20H22N2O6/c1-27-15-5-3-13-17-14(4-6-16(28-2)18(15)17)20(26)22(19(13)25)8-7-21(9-11-23)10-12-24/h3-6,11,24H,7-10,12H2,1-2H3. The van der Waals surface area contributed by atoms with Crippen molar-refractivity contribution in [3.05, 3.63) is 35.4 Å². The molecule has 0 unspecified atom stereocenters. The quantitative estimate of drug-likeness (QED) is 0.506. The third-order valence-corrected chi connectivity index (χ3v) is 4.86. The van der Waals surface area contributed by atoms with E-state index in [1.54, 1.807) is 29.2 Å². The van der Waals surface area contributed by atoms with Crippen molar-refractivity contribution in [3.63, 3.8) is 0 Å². The molecule has 3 rings (SSSR count). The SMILES string of the molecule is COc1ccc2c3c(ccc(OC)c13)C(=O)N(CCN(CC=O)CCO)C2=O. The zero-order valence-corrected chi connectivity index (χ0v) is 15.8. The van der Waals surface area contributed by atoms with Gasteiger partial charge in [-0.1, -0.05) is 0 Å². The predicted molar refractivity (Wildman–Crippen MR) is 102 cm³/mol. The second-order valence-electron chi connectivity index (χ2n) is 6.33. The second-order valence-corrected chi connectivity index (χ2v) is 6.33. The fraction of sp³-hybridized carbons (Fsp3) is 0.350. The summed E-state index contributed by atoms with van der Waals surface area (Å²) in [6.07, 6.45) is 0.726. The first-order valence-electron chi connectivity index (χ1n) is 8.88. The van der Waals surface area contributed by atoms with Crippen LogP contribution in [0.2, 0.25) is 0 Å². The maximum absolute atomic E-state index is 13.0. The van der Waals surface area contributed by atoms with Crippen LogP contribution in [0, 0.1) is 0 Å². The van der Waals surface area contributed by atoms with E-state index in [9.17, 15) is 14.4 Å². The van der Waals surface area contributed by atoms with E-state index in [1.165, 1.54) is 19.1 Å². The molecular weight excluding hydrogens is 364 g/mol. The van der Waals surface area contributed by atoms with E-state index in [0.29, 0.717) is 39.9 Å². The summed E-state index contributed by atoms with van der Waals surface area (Å²) in [6.45, 7) is 0.705. The Labute approximate surface area is 162 Å². The van der Waals surface area contributed by atoms with Gasteiger partial charge in [0.25, 0.3) is 11.8 Å². The minimum atomic E-state index is -0.409. The van der Waals surface area contributed by atoms with Gasteiger partial charge in [-0.05, 0) is 24.3 Å². The fourth-order valence-electron chi connectivity index (χ4n) is 3.50. The second kappa shape index (κ2) is 8.37. The van der Waals surface area contributed by atoms with E-state index < -0.39 is 11.8 Å². The number of amides is 2. The smallest absolute Gasteiger partial charge is 0.261 e. The van der Waals surface area contributed by atoms with E-state index in [2.05, 4.69) is 0 Å². The molecule has 1 heterocycles. The summed E-state index contributed by atoms with van der Waals surface area (Å²) in [5.41, 5.74) is 0.793. The first kappa shape index (κ1) is 19.8. The van der Waals surface area contributed by atoms with Crippen molar-refractivity contribution in [1.29, 1.82) is 0 Å². The molecule has 1 aliphatic heterocycles. The number of benzene rings is 2. The molecular formula is C20H22N2O6. The monoisotopic (exact) mass is 386 g/mol. The topological polar surface area (TPSA) is 96.4 Å². The van der Waals surface area contributed by atoms with Crippen LogP contribution in [0.15, 0.2) is 24.3 Å². The molecule has 1 aliphatic rings. The van der Waals surface area contributed by atoms with Crippen LogP contribution in [-0.2, 0) is 4.79 Å². The Kier molecular flexibility index (Phi) is 5.91. The van der Waals surface area contributed by atoms with Gasteiger partial charge in [0, 0.05) is 36.1 Å². The van der Waals surface area contributed by atoms with Gasteiger partial charge < -0.3 is 19.4 Å². The van der Waals surface area contributed by atoms with Crippen molar-refractivity contribution >= 4 is 28.9 Å². The molecule has 8 nitrogen and oxygen atoms in total. The van der Waals surface area contributed by atoms with Crippen LogP contribution in [0.5, 0.6) is 11.5 Å². The summed E-state index contributed by atoms with van der Waals surface area (Å²) in [5.74, 6) is 0.222. The van der Waals surface area contributed by atoms with Crippen molar-refractivity contribution in [3.8, 4) is 11.5 Å². The van der Waals surface area contributed by atoms with Gasteiger partial charge in [-0.25, -0.2) is 0 Å². The van der Waals surface area contributed by atoms with Gasteiger partial charge in [0.15, 0.2) is 0 Å². The number of rotatable bonds is 9. The third kappa shape index (κ3) is 3.32. The largest absolute Gasteiger partial charge is 0.496 e. The number of ether oxygens (including phenoxy) is 2. The molecule has 0 spiro atoms. The van der Waals surface area contributed by atoms with Gasteiger partial charge in [-0.15, -0.1) is 0 Å². The van der Waals surface area contributed by atoms with Crippen LogP contribution >= 0.6 is 0 Å². The molecule has 8 heteroatoms. The van der Waals surface area contributed by atoms with E-state index in [4.69, 9.17) is 14.6 Å². The van der Waals surface area contributed by atoms with Crippen molar-refractivity contribution in [2.75, 3.05) is 47.0 Å². The lowest BCUT2D eigenvalue weighted by Crippen LogP contribution is -2.45. The van der Waals surface area contributed by atoms with Crippen LogP contribution < -0.4 is 9.47 Å². The molecule has 2 aromatic rings. The zero-order valence-electron chi connectivity index (χ0n) is 15.8. The third-order valence-electron chi connectivity index (χ3n) is 4.86. The van der Waals surface area contributed by atoms with Gasteiger partial charge in [0.2, 0.25) is 0 Å². The number of aldehydes is 1. The molecule has 0 bridgehead atoms. The van der Waals surface area contributed by atoms with Crippen LogP contribution in [0.25, 0.3) is 10.8 Å². The summed E-state index contributed by atoms with van der Waals surface area (Å²) < 4.78 is 10.8. The maximum Gasteiger partial charge on any atom is 0.261 e. The lowest BCUT2D eigenvalue weighted by molar-refractivity contribution is -0.108. The van der Waals surface area contributed by atoms with E-state index in [-0.39, 0.29) is 26.2 Å². The minimum Gasteiger partial charge on any atom is -0.496 e. The van der Waals surface area contributed by atoms with E-state index in [1.807, 2.05) is 0 Å². The van der Waals surface area contributed by atoms with Crippen molar-refractivity contribution in [1.82, 2.24) is 9.80 Å². The Hall–Kier alpha value is -2.97. The first-order chi connectivity index (χ1) is 13.6.